The van der Waals surface area contributed by atoms with Crippen molar-refractivity contribution in [2.45, 2.75) is 57.9 Å². The summed E-state index contributed by atoms with van der Waals surface area (Å²) in [6, 6.07) is 4.01. The Hall–Kier alpha value is -2.78. The summed E-state index contributed by atoms with van der Waals surface area (Å²) in [7, 11) is 0. The molecule has 1 atom stereocenters. The Labute approximate surface area is 194 Å². The van der Waals surface area contributed by atoms with Crippen LogP contribution in [0.25, 0.3) is 0 Å². The molecule has 0 aliphatic carbocycles. The first-order valence-corrected chi connectivity index (χ1v) is 11.8. The average Bonchev–Trinajstić information content (AvgIpc) is 3.05. The lowest BCUT2D eigenvalue weighted by Gasteiger charge is -2.27. The van der Waals surface area contributed by atoms with Crippen LogP contribution in [0, 0.1) is 0 Å². The molecule has 0 aromatic heterocycles. The molecule has 33 heavy (non-hydrogen) atoms. The number of hydrogen-bond donors (Lipinski definition) is 2. The van der Waals surface area contributed by atoms with Crippen molar-refractivity contribution in [3.63, 3.8) is 0 Å². The van der Waals surface area contributed by atoms with Crippen LogP contribution in [0.3, 0.4) is 0 Å². The Morgan fingerprint density at radius 2 is 1.73 bits per heavy atom. The topological polar surface area (TPSA) is 114 Å². The lowest BCUT2D eigenvalue weighted by molar-refractivity contribution is -0.136. The average molecular weight is 460 g/mol. The SMILES string of the molecule is CCCCCCCOCCOCCNc1cccc2c1C(=O)N(C1CCC(=O)NC1=O)C2=O. The molecular weight excluding hydrogens is 426 g/mol. The minimum Gasteiger partial charge on any atom is -0.382 e. The van der Waals surface area contributed by atoms with Gasteiger partial charge in [-0.15, -0.1) is 0 Å². The van der Waals surface area contributed by atoms with Gasteiger partial charge >= 0.3 is 0 Å². The molecule has 1 aromatic carbocycles. The molecular formula is C24H33N3O6. The maximum Gasteiger partial charge on any atom is 0.264 e. The van der Waals surface area contributed by atoms with Crippen LogP contribution in [0.2, 0.25) is 0 Å². The van der Waals surface area contributed by atoms with Crippen molar-refractivity contribution in [3.05, 3.63) is 29.3 Å². The third-order valence-corrected chi connectivity index (χ3v) is 5.79. The van der Waals surface area contributed by atoms with Gasteiger partial charge in [0.1, 0.15) is 6.04 Å². The lowest BCUT2D eigenvalue weighted by atomic mass is 10.0. The number of imide groups is 2. The molecule has 2 N–H and O–H groups in total. The molecule has 1 fully saturated rings. The summed E-state index contributed by atoms with van der Waals surface area (Å²) in [5, 5.41) is 5.35. The van der Waals surface area contributed by atoms with Gasteiger partial charge < -0.3 is 14.8 Å². The largest absolute Gasteiger partial charge is 0.382 e. The fourth-order valence-electron chi connectivity index (χ4n) is 4.05. The van der Waals surface area contributed by atoms with Crippen molar-refractivity contribution < 1.29 is 28.7 Å². The first-order chi connectivity index (χ1) is 16.0. The van der Waals surface area contributed by atoms with Gasteiger partial charge in [0, 0.05) is 25.3 Å². The van der Waals surface area contributed by atoms with E-state index in [1.54, 1.807) is 18.2 Å². The zero-order valence-corrected chi connectivity index (χ0v) is 19.2. The number of amides is 4. The quantitative estimate of drug-likeness (QED) is 0.325. The standard InChI is InChI=1S/C24H33N3O6/c1-2-3-4-5-6-13-32-15-16-33-14-12-25-18-9-7-8-17-21(18)24(31)27(23(17)30)19-10-11-20(28)26-22(19)29/h7-9,19,25H,2-6,10-16H2,1H3,(H,26,28,29). The van der Waals surface area contributed by atoms with E-state index in [0.29, 0.717) is 32.1 Å². The minimum absolute atomic E-state index is 0.0921. The van der Waals surface area contributed by atoms with Crippen LogP contribution < -0.4 is 10.6 Å². The van der Waals surface area contributed by atoms with Gasteiger partial charge in [0.2, 0.25) is 11.8 Å². The molecule has 180 valence electrons. The Balaban J connectivity index is 1.43. The highest BCUT2D eigenvalue weighted by atomic mass is 16.5. The number of rotatable bonds is 14. The normalized spacial score (nSPS) is 18.0. The Kier molecular flexibility index (Phi) is 9.38. The van der Waals surface area contributed by atoms with Crippen molar-refractivity contribution in [3.8, 4) is 0 Å². The first-order valence-electron chi connectivity index (χ1n) is 11.8. The van der Waals surface area contributed by atoms with Gasteiger partial charge in [-0.05, 0) is 25.0 Å². The third kappa shape index (κ3) is 6.39. The summed E-state index contributed by atoms with van der Waals surface area (Å²) in [6.45, 7) is 4.85. The summed E-state index contributed by atoms with van der Waals surface area (Å²) < 4.78 is 11.1. The number of anilines is 1. The maximum atomic E-state index is 13.0. The van der Waals surface area contributed by atoms with Gasteiger partial charge in [-0.3, -0.25) is 29.4 Å². The number of benzene rings is 1. The fourth-order valence-corrected chi connectivity index (χ4v) is 4.05. The number of ether oxygens (including phenoxy) is 2. The summed E-state index contributed by atoms with van der Waals surface area (Å²) in [6.07, 6.45) is 6.25. The predicted octanol–water partition coefficient (Wildman–Crippen LogP) is 2.50. The first kappa shape index (κ1) is 24.9. The van der Waals surface area contributed by atoms with Crippen LogP contribution in [0.15, 0.2) is 18.2 Å². The van der Waals surface area contributed by atoms with E-state index in [2.05, 4.69) is 17.6 Å². The Bertz CT molecular complexity index is 872. The van der Waals surface area contributed by atoms with Crippen LogP contribution in [0.1, 0.15) is 72.6 Å². The van der Waals surface area contributed by atoms with Crippen molar-refractivity contribution >= 4 is 29.3 Å². The van der Waals surface area contributed by atoms with Crippen molar-refractivity contribution in [1.82, 2.24) is 10.2 Å². The van der Waals surface area contributed by atoms with Crippen LogP contribution in [-0.2, 0) is 19.1 Å². The molecule has 1 unspecified atom stereocenters. The van der Waals surface area contributed by atoms with E-state index in [9.17, 15) is 19.2 Å². The highest BCUT2D eigenvalue weighted by Crippen LogP contribution is 2.32. The van der Waals surface area contributed by atoms with E-state index in [4.69, 9.17) is 9.47 Å². The molecule has 4 amide bonds. The van der Waals surface area contributed by atoms with Crippen molar-refractivity contribution in [2.75, 3.05) is 38.3 Å². The molecule has 3 rings (SSSR count). The van der Waals surface area contributed by atoms with E-state index in [-0.39, 0.29) is 24.0 Å². The number of piperidine rings is 1. The highest BCUT2D eigenvalue weighted by Gasteiger charge is 2.45. The van der Waals surface area contributed by atoms with Crippen molar-refractivity contribution in [1.29, 1.82) is 0 Å². The minimum atomic E-state index is -0.974. The summed E-state index contributed by atoms with van der Waals surface area (Å²) in [5.74, 6) is -2.06. The molecule has 0 radical (unpaired) electrons. The molecule has 9 nitrogen and oxygen atoms in total. The molecule has 0 saturated carbocycles. The van der Waals surface area contributed by atoms with Crippen LogP contribution in [0.5, 0.6) is 0 Å². The van der Waals surface area contributed by atoms with E-state index in [1.165, 1.54) is 25.7 Å². The molecule has 2 aliphatic heterocycles. The second kappa shape index (κ2) is 12.5. The zero-order valence-electron chi connectivity index (χ0n) is 19.2. The molecule has 2 aliphatic rings. The van der Waals surface area contributed by atoms with Crippen LogP contribution in [0.4, 0.5) is 5.69 Å². The number of fused-ring (bicyclic) bond motifs is 1. The van der Waals surface area contributed by atoms with Crippen molar-refractivity contribution in [2.24, 2.45) is 0 Å². The number of carbonyl (C=O) groups excluding carboxylic acids is 4. The fraction of sp³-hybridized carbons (Fsp3) is 0.583. The summed E-state index contributed by atoms with van der Waals surface area (Å²) in [4.78, 5) is 50.4. The number of carbonyl (C=O) groups is 4. The number of hydrogen-bond acceptors (Lipinski definition) is 7. The lowest BCUT2D eigenvalue weighted by Crippen LogP contribution is -2.54. The Morgan fingerprint density at radius 1 is 0.970 bits per heavy atom. The smallest absolute Gasteiger partial charge is 0.264 e. The van der Waals surface area contributed by atoms with Gasteiger partial charge in [-0.1, -0.05) is 38.7 Å². The second-order valence-electron chi connectivity index (χ2n) is 8.24. The third-order valence-electron chi connectivity index (χ3n) is 5.79. The summed E-state index contributed by atoms with van der Waals surface area (Å²) in [5.41, 5.74) is 1.02. The van der Waals surface area contributed by atoms with Crippen LogP contribution in [-0.4, -0.2) is 67.5 Å². The van der Waals surface area contributed by atoms with Crippen LogP contribution >= 0.6 is 0 Å². The van der Waals surface area contributed by atoms with Gasteiger partial charge in [0.25, 0.3) is 11.8 Å². The molecule has 9 heteroatoms. The molecule has 1 aromatic rings. The van der Waals surface area contributed by atoms with E-state index in [1.807, 2.05) is 0 Å². The number of nitrogens with one attached hydrogen (secondary N) is 2. The molecule has 0 spiro atoms. The summed E-state index contributed by atoms with van der Waals surface area (Å²) >= 11 is 0. The highest BCUT2D eigenvalue weighted by molar-refractivity contribution is 6.25. The Morgan fingerprint density at radius 3 is 2.48 bits per heavy atom. The maximum absolute atomic E-state index is 13.0. The number of nitrogens with zero attached hydrogens (tertiary/aromatic N) is 1. The van der Waals surface area contributed by atoms with Gasteiger partial charge in [0.05, 0.1) is 30.9 Å². The van der Waals surface area contributed by atoms with Gasteiger partial charge in [-0.25, -0.2) is 0 Å². The monoisotopic (exact) mass is 459 g/mol. The zero-order chi connectivity index (χ0) is 23.6. The molecule has 2 heterocycles. The van der Waals surface area contributed by atoms with Gasteiger partial charge in [-0.2, -0.15) is 0 Å². The van der Waals surface area contributed by atoms with Gasteiger partial charge in [0.15, 0.2) is 0 Å². The molecule has 1 saturated heterocycles. The van der Waals surface area contributed by atoms with E-state index in [0.717, 1.165) is 17.9 Å². The second-order valence-corrected chi connectivity index (χ2v) is 8.24. The van der Waals surface area contributed by atoms with E-state index < -0.39 is 29.7 Å². The van der Waals surface area contributed by atoms with E-state index >= 15 is 0 Å². The number of unbranched alkanes of at least 4 members (excludes halogenated alkanes) is 4. The predicted molar refractivity (Wildman–Crippen MR) is 122 cm³/mol. The molecule has 0 bridgehead atoms.